The summed E-state index contributed by atoms with van der Waals surface area (Å²) < 4.78 is 0. The van der Waals surface area contributed by atoms with Gasteiger partial charge in [-0.15, -0.1) is 0 Å². The first-order valence-electron chi connectivity index (χ1n) is 5.53. The Morgan fingerprint density at radius 1 is 1.31 bits per heavy atom. The van der Waals surface area contributed by atoms with Crippen molar-refractivity contribution in [2.24, 2.45) is 0 Å². The molecule has 1 rings (SSSR count). The molecule has 16 heavy (non-hydrogen) atoms. The minimum absolute atomic E-state index is 0.135. The summed E-state index contributed by atoms with van der Waals surface area (Å²) in [5.41, 5.74) is 2.37. The van der Waals surface area contributed by atoms with E-state index in [1.165, 1.54) is 5.56 Å². The van der Waals surface area contributed by atoms with Crippen LogP contribution in [0.4, 0.5) is 0 Å². The van der Waals surface area contributed by atoms with E-state index in [4.69, 9.17) is 5.11 Å². The Morgan fingerprint density at radius 3 is 2.75 bits per heavy atom. The Labute approximate surface area is 102 Å². The third-order valence-corrected chi connectivity index (χ3v) is 3.19. The molecular formula is C14H18OS. The van der Waals surface area contributed by atoms with Gasteiger partial charge >= 0.3 is 0 Å². The van der Waals surface area contributed by atoms with Gasteiger partial charge in [0.2, 0.25) is 0 Å². The maximum atomic E-state index is 8.68. The summed E-state index contributed by atoms with van der Waals surface area (Å²) in [6.45, 7) is 4.53. The van der Waals surface area contributed by atoms with Crippen LogP contribution in [0.15, 0.2) is 24.3 Å². The molecule has 0 aliphatic rings. The summed E-state index contributed by atoms with van der Waals surface area (Å²) >= 11 is 1.92. The molecule has 0 heterocycles. The quantitative estimate of drug-likeness (QED) is 0.808. The summed E-state index contributed by atoms with van der Waals surface area (Å²) in [4.78, 5) is 0. The highest BCUT2D eigenvalue weighted by Gasteiger charge is 2.00. The number of hydrogen-bond donors (Lipinski definition) is 1. The van der Waals surface area contributed by atoms with Crippen LogP contribution in [-0.4, -0.2) is 17.0 Å². The number of aliphatic hydroxyl groups excluding tert-OH is 1. The zero-order valence-corrected chi connectivity index (χ0v) is 10.7. The van der Waals surface area contributed by atoms with E-state index in [1.807, 2.05) is 30.0 Å². The molecule has 0 spiro atoms. The van der Waals surface area contributed by atoms with E-state index < -0.39 is 0 Å². The van der Waals surface area contributed by atoms with Crippen molar-refractivity contribution < 1.29 is 5.11 Å². The van der Waals surface area contributed by atoms with Gasteiger partial charge in [0.05, 0.1) is 6.61 Å². The predicted octanol–water partition coefficient (Wildman–Crippen LogP) is 3.06. The fourth-order valence-electron chi connectivity index (χ4n) is 1.24. The summed E-state index contributed by atoms with van der Waals surface area (Å²) in [7, 11) is 0. The van der Waals surface area contributed by atoms with Gasteiger partial charge < -0.3 is 5.11 Å². The predicted molar refractivity (Wildman–Crippen MR) is 71.5 cm³/mol. The van der Waals surface area contributed by atoms with Crippen molar-refractivity contribution in [1.29, 1.82) is 0 Å². The minimum atomic E-state index is 0.135. The van der Waals surface area contributed by atoms with Gasteiger partial charge in [-0.3, -0.25) is 0 Å². The second-order valence-electron chi connectivity index (χ2n) is 3.79. The fraction of sp³-hybridized carbons (Fsp3) is 0.429. The lowest BCUT2D eigenvalue weighted by Crippen LogP contribution is -1.92. The first-order chi connectivity index (χ1) is 7.74. The first kappa shape index (κ1) is 13.2. The Bertz CT molecular complexity index is 374. The molecule has 0 atom stereocenters. The smallest absolute Gasteiger partial charge is 0.0540 e. The number of thioether (sulfide) groups is 1. The molecule has 0 fully saturated rings. The molecule has 86 valence electrons. The normalized spacial score (nSPS) is 10.0. The van der Waals surface area contributed by atoms with Gasteiger partial charge in [0.25, 0.3) is 0 Å². The maximum Gasteiger partial charge on any atom is 0.0540 e. The monoisotopic (exact) mass is 234 g/mol. The molecule has 0 amide bonds. The second kappa shape index (κ2) is 7.38. The molecule has 1 nitrogen and oxygen atoms in total. The van der Waals surface area contributed by atoms with Gasteiger partial charge in [-0.25, -0.2) is 0 Å². The van der Waals surface area contributed by atoms with Crippen molar-refractivity contribution in [1.82, 2.24) is 0 Å². The van der Waals surface area contributed by atoms with Crippen molar-refractivity contribution in [3.8, 4) is 11.8 Å². The van der Waals surface area contributed by atoms with Crippen LogP contribution in [0, 0.1) is 11.8 Å². The fourth-order valence-corrected chi connectivity index (χ4v) is 2.00. The van der Waals surface area contributed by atoms with E-state index in [0.29, 0.717) is 11.7 Å². The van der Waals surface area contributed by atoms with Gasteiger partial charge in [-0.05, 0) is 16.9 Å². The topological polar surface area (TPSA) is 20.2 Å². The molecule has 0 aliphatic carbocycles. The Kier molecular flexibility index (Phi) is 6.07. The van der Waals surface area contributed by atoms with Crippen LogP contribution in [0.1, 0.15) is 31.4 Å². The van der Waals surface area contributed by atoms with Crippen LogP contribution in [-0.2, 0) is 5.75 Å². The van der Waals surface area contributed by atoms with Gasteiger partial charge in [0.15, 0.2) is 0 Å². The minimum Gasteiger partial charge on any atom is -0.395 e. The average Bonchev–Trinajstić information content (AvgIpc) is 2.28. The van der Waals surface area contributed by atoms with Gasteiger partial charge in [-0.1, -0.05) is 43.9 Å². The summed E-state index contributed by atoms with van der Waals surface area (Å²) in [6.07, 6.45) is 0.547. The second-order valence-corrected chi connectivity index (χ2v) is 5.36. The molecule has 1 aromatic carbocycles. The molecule has 1 aromatic rings. The van der Waals surface area contributed by atoms with Gasteiger partial charge in [0.1, 0.15) is 0 Å². The molecule has 0 unspecified atom stereocenters. The highest BCUT2D eigenvalue weighted by molar-refractivity contribution is 7.99. The van der Waals surface area contributed by atoms with Crippen molar-refractivity contribution in [3.63, 3.8) is 0 Å². The van der Waals surface area contributed by atoms with Gasteiger partial charge in [0, 0.05) is 17.7 Å². The number of hydrogen-bond acceptors (Lipinski definition) is 2. The van der Waals surface area contributed by atoms with Crippen molar-refractivity contribution >= 4 is 11.8 Å². The summed E-state index contributed by atoms with van der Waals surface area (Å²) in [5.74, 6) is 7.09. The van der Waals surface area contributed by atoms with Crippen LogP contribution in [0.5, 0.6) is 0 Å². The Balaban J connectivity index is 2.72. The summed E-state index contributed by atoms with van der Waals surface area (Å²) in [6, 6.07) is 8.22. The molecule has 0 aliphatic heterocycles. The first-order valence-corrected chi connectivity index (χ1v) is 6.58. The van der Waals surface area contributed by atoms with Crippen LogP contribution in [0.2, 0.25) is 0 Å². The number of rotatable bonds is 4. The SMILES string of the molecule is CC(C)SCc1ccccc1C#CCCO. The zero-order chi connectivity index (χ0) is 11.8. The third-order valence-electron chi connectivity index (χ3n) is 2.05. The molecular weight excluding hydrogens is 216 g/mol. The van der Waals surface area contributed by atoms with E-state index in [-0.39, 0.29) is 6.61 Å². The third kappa shape index (κ3) is 4.74. The lowest BCUT2D eigenvalue weighted by Gasteiger charge is -2.06. The zero-order valence-electron chi connectivity index (χ0n) is 9.86. The lowest BCUT2D eigenvalue weighted by molar-refractivity contribution is 0.305. The van der Waals surface area contributed by atoms with Crippen LogP contribution < -0.4 is 0 Å². The maximum absolute atomic E-state index is 8.68. The molecule has 0 saturated carbocycles. The Morgan fingerprint density at radius 2 is 2.06 bits per heavy atom. The summed E-state index contributed by atoms with van der Waals surface area (Å²) in [5, 5.41) is 9.32. The lowest BCUT2D eigenvalue weighted by atomic mass is 10.1. The van der Waals surface area contributed by atoms with Crippen molar-refractivity contribution in [2.45, 2.75) is 31.3 Å². The molecule has 0 bridgehead atoms. The Hall–Kier alpha value is -0.910. The molecule has 0 aromatic heterocycles. The molecule has 0 saturated heterocycles. The van der Waals surface area contributed by atoms with Crippen LogP contribution >= 0.6 is 11.8 Å². The molecule has 2 heteroatoms. The number of benzene rings is 1. The van der Waals surface area contributed by atoms with Crippen molar-refractivity contribution in [3.05, 3.63) is 35.4 Å². The van der Waals surface area contributed by atoms with E-state index >= 15 is 0 Å². The standard InChI is InChI=1S/C14H18OS/c1-12(2)16-11-14-9-4-3-7-13(14)8-5-6-10-15/h3-4,7,9,12,15H,6,10-11H2,1-2H3. The molecule has 0 radical (unpaired) electrons. The van der Waals surface area contributed by atoms with Crippen molar-refractivity contribution in [2.75, 3.05) is 6.61 Å². The van der Waals surface area contributed by atoms with Crippen LogP contribution in [0.25, 0.3) is 0 Å². The van der Waals surface area contributed by atoms with Gasteiger partial charge in [-0.2, -0.15) is 11.8 Å². The van der Waals surface area contributed by atoms with E-state index in [9.17, 15) is 0 Å². The average molecular weight is 234 g/mol. The van der Waals surface area contributed by atoms with E-state index in [2.05, 4.69) is 31.8 Å². The highest BCUT2D eigenvalue weighted by Crippen LogP contribution is 2.19. The molecule has 1 N–H and O–H groups in total. The van der Waals surface area contributed by atoms with E-state index in [1.54, 1.807) is 0 Å². The number of aliphatic hydroxyl groups is 1. The van der Waals surface area contributed by atoms with Crippen LogP contribution in [0.3, 0.4) is 0 Å². The highest BCUT2D eigenvalue weighted by atomic mass is 32.2. The van der Waals surface area contributed by atoms with E-state index in [0.717, 1.165) is 11.3 Å². The largest absolute Gasteiger partial charge is 0.395 e.